The van der Waals surface area contributed by atoms with E-state index in [1.165, 1.54) is 103 Å². The molecule has 0 aliphatic rings. The predicted octanol–water partition coefficient (Wildman–Crippen LogP) is 12.1. The van der Waals surface area contributed by atoms with Gasteiger partial charge in [0.1, 0.15) is 19.8 Å². The number of allylic oxidation sites excluding steroid dienone is 6. The van der Waals surface area contributed by atoms with Crippen LogP contribution in [0.4, 0.5) is 0 Å². The predicted molar refractivity (Wildman–Crippen MR) is 224 cm³/mol. The summed E-state index contributed by atoms with van der Waals surface area (Å²) in [6.45, 7) is 4.34. The molecule has 1 N–H and O–H groups in total. The van der Waals surface area contributed by atoms with Crippen LogP contribution < -0.4 is 0 Å². The first-order chi connectivity index (χ1) is 26.0. The van der Waals surface area contributed by atoms with E-state index >= 15 is 0 Å². The van der Waals surface area contributed by atoms with Crippen molar-refractivity contribution in [1.82, 2.24) is 0 Å². The molecule has 0 bridgehead atoms. The van der Waals surface area contributed by atoms with Gasteiger partial charge in [0.15, 0.2) is 6.10 Å². The van der Waals surface area contributed by atoms with Crippen molar-refractivity contribution in [2.24, 2.45) is 0 Å². The minimum atomic E-state index is -4.39. The van der Waals surface area contributed by atoms with Crippen molar-refractivity contribution in [2.75, 3.05) is 47.5 Å². The summed E-state index contributed by atoms with van der Waals surface area (Å²) >= 11 is 0. The summed E-state index contributed by atoms with van der Waals surface area (Å²) in [6, 6.07) is 0. The molecule has 0 saturated carbocycles. The molecule has 0 radical (unpaired) electrons. The van der Waals surface area contributed by atoms with Crippen molar-refractivity contribution in [2.45, 2.75) is 187 Å². The molecule has 0 aromatic rings. The molecule has 2 atom stereocenters. The van der Waals surface area contributed by atoms with E-state index in [4.69, 9.17) is 18.5 Å². The van der Waals surface area contributed by atoms with Crippen molar-refractivity contribution in [3.8, 4) is 0 Å². The number of ether oxygens (including phenoxy) is 2. The van der Waals surface area contributed by atoms with Crippen LogP contribution in [0.2, 0.25) is 0 Å². The van der Waals surface area contributed by atoms with Crippen LogP contribution in [-0.2, 0) is 32.7 Å². The van der Waals surface area contributed by atoms with Gasteiger partial charge in [0.2, 0.25) is 0 Å². The molecule has 0 spiro atoms. The topological polar surface area (TPSA) is 108 Å². The molecule has 2 unspecified atom stereocenters. The Morgan fingerprint density at radius 2 is 1.04 bits per heavy atom. The fraction of sp³-hybridized carbons (Fsp3) is 0.818. The standard InChI is InChI=1S/C44H82NO8P/c1-6-8-10-12-14-16-18-20-21-22-23-25-26-28-30-32-34-36-43(46)50-40-42(41-52-54(48,49)51-39-38-45(3,4)5)53-44(47)37-35-33-31-29-27-24-19-17-15-13-11-9-7-2/h20-21,24,27,31,33,42H,6-19,22-23,25-26,28-30,32,34-41H2,1-5H3/p+1/b21-20+,27-24+,33-31+. The summed E-state index contributed by atoms with van der Waals surface area (Å²) in [5, 5.41) is 0. The van der Waals surface area contributed by atoms with Crippen LogP contribution in [0.25, 0.3) is 0 Å². The van der Waals surface area contributed by atoms with Crippen molar-refractivity contribution in [1.29, 1.82) is 0 Å². The molecule has 0 rings (SSSR count). The number of phosphoric ester groups is 1. The molecule has 0 saturated heterocycles. The largest absolute Gasteiger partial charge is 0.472 e. The number of phosphoric acid groups is 1. The molecule has 9 nitrogen and oxygen atoms in total. The number of nitrogens with zero attached hydrogens (tertiary/aromatic N) is 1. The Bertz CT molecular complexity index is 1020. The first kappa shape index (κ1) is 52.2. The highest BCUT2D eigenvalue weighted by Gasteiger charge is 2.27. The molecule has 54 heavy (non-hydrogen) atoms. The lowest BCUT2D eigenvalue weighted by Crippen LogP contribution is -2.37. The average molecular weight is 785 g/mol. The van der Waals surface area contributed by atoms with Gasteiger partial charge >= 0.3 is 19.8 Å². The zero-order chi connectivity index (χ0) is 40.0. The van der Waals surface area contributed by atoms with Gasteiger partial charge in [-0.2, -0.15) is 0 Å². The number of carbonyl (C=O) groups is 2. The van der Waals surface area contributed by atoms with Gasteiger partial charge < -0.3 is 18.9 Å². The van der Waals surface area contributed by atoms with Crippen molar-refractivity contribution < 1.29 is 42.1 Å². The summed E-state index contributed by atoms with van der Waals surface area (Å²) in [4.78, 5) is 35.3. The molecule has 0 aromatic heterocycles. The Balaban J connectivity index is 4.42. The highest BCUT2D eigenvalue weighted by Crippen LogP contribution is 2.43. The molecule has 0 fully saturated rings. The monoisotopic (exact) mass is 785 g/mol. The molecule has 0 aliphatic carbocycles. The molecule has 0 amide bonds. The van der Waals surface area contributed by atoms with Gasteiger partial charge in [0.05, 0.1) is 27.7 Å². The van der Waals surface area contributed by atoms with Crippen LogP contribution in [-0.4, -0.2) is 74.9 Å². The van der Waals surface area contributed by atoms with E-state index in [1.54, 1.807) is 0 Å². The molecular weight excluding hydrogens is 701 g/mol. The minimum Gasteiger partial charge on any atom is -0.462 e. The smallest absolute Gasteiger partial charge is 0.462 e. The normalized spacial score (nSPS) is 14.0. The molecule has 316 valence electrons. The third kappa shape index (κ3) is 39.9. The van der Waals surface area contributed by atoms with Crippen LogP contribution in [0.5, 0.6) is 0 Å². The number of hydrogen-bond acceptors (Lipinski definition) is 7. The quantitative estimate of drug-likeness (QED) is 0.0216. The maximum absolute atomic E-state index is 12.6. The van der Waals surface area contributed by atoms with E-state index in [-0.39, 0.29) is 32.0 Å². The SMILES string of the molecule is CCCCCCCC/C=C/C/C=C/CCC(=O)OC(COC(=O)CCCCCCCCC/C=C/CCCCCCCC)COP(=O)(O)OCC[N+](C)(C)C. The van der Waals surface area contributed by atoms with E-state index in [2.05, 4.69) is 38.2 Å². The second-order valence-corrected chi connectivity index (χ2v) is 17.2. The maximum Gasteiger partial charge on any atom is 0.472 e. The minimum absolute atomic E-state index is 0.0218. The zero-order valence-corrected chi connectivity index (χ0v) is 36.3. The Morgan fingerprint density at radius 3 is 1.56 bits per heavy atom. The van der Waals surface area contributed by atoms with E-state index in [0.717, 1.165) is 44.9 Å². The van der Waals surface area contributed by atoms with E-state index in [0.29, 0.717) is 17.4 Å². The molecule has 10 heteroatoms. The molecular formula is C44H83NO8P+. The first-order valence-electron chi connectivity index (χ1n) is 21.7. The fourth-order valence-electron chi connectivity index (χ4n) is 5.71. The van der Waals surface area contributed by atoms with Gasteiger partial charge in [-0.25, -0.2) is 4.57 Å². The number of esters is 2. The third-order valence-electron chi connectivity index (χ3n) is 9.16. The summed E-state index contributed by atoms with van der Waals surface area (Å²) in [5.41, 5.74) is 0. The summed E-state index contributed by atoms with van der Waals surface area (Å²) in [5.74, 6) is -0.881. The van der Waals surface area contributed by atoms with Crippen LogP contribution in [0.1, 0.15) is 181 Å². The fourth-order valence-corrected chi connectivity index (χ4v) is 6.45. The van der Waals surface area contributed by atoms with Gasteiger partial charge in [-0.1, -0.05) is 147 Å². The van der Waals surface area contributed by atoms with Crippen LogP contribution in [0.3, 0.4) is 0 Å². The second kappa shape index (κ2) is 36.8. The Hall–Kier alpha value is -1.77. The number of hydrogen-bond donors (Lipinski definition) is 1. The summed E-state index contributed by atoms with van der Waals surface area (Å²) < 4.78 is 34.2. The summed E-state index contributed by atoms with van der Waals surface area (Å²) in [6.07, 6.45) is 40.6. The van der Waals surface area contributed by atoms with Gasteiger partial charge in [0.25, 0.3) is 0 Å². The molecule has 0 aromatic carbocycles. The maximum atomic E-state index is 12.6. The second-order valence-electron chi connectivity index (χ2n) is 15.7. The van der Waals surface area contributed by atoms with Crippen LogP contribution in [0.15, 0.2) is 36.5 Å². The Morgan fingerprint density at radius 1 is 0.574 bits per heavy atom. The van der Waals surface area contributed by atoms with E-state index < -0.39 is 26.5 Å². The zero-order valence-electron chi connectivity index (χ0n) is 35.5. The third-order valence-corrected chi connectivity index (χ3v) is 10.1. The highest BCUT2D eigenvalue weighted by molar-refractivity contribution is 7.47. The van der Waals surface area contributed by atoms with Crippen molar-refractivity contribution in [3.05, 3.63) is 36.5 Å². The van der Waals surface area contributed by atoms with Gasteiger partial charge in [-0.15, -0.1) is 0 Å². The average Bonchev–Trinajstić information content (AvgIpc) is 3.12. The van der Waals surface area contributed by atoms with E-state index in [1.807, 2.05) is 33.3 Å². The van der Waals surface area contributed by atoms with Gasteiger partial charge in [-0.05, 0) is 57.8 Å². The van der Waals surface area contributed by atoms with Crippen LogP contribution >= 0.6 is 7.82 Å². The first-order valence-corrected chi connectivity index (χ1v) is 23.2. The van der Waals surface area contributed by atoms with Gasteiger partial charge in [-0.3, -0.25) is 18.6 Å². The summed E-state index contributed by atoms with van der Waals surface area (Å²) in [7, 11) is 1.44. The lowest BCUT2D eigenvalue weighted by Gasteiger charge is -2.24. The lowest BCUT2D eigenvalue weighted by atomic mass is 10.1. The Labute approximate surface area is 331 Å². The number of likely N-dealkylation sites (N-methyl/N-ethyl adjacent to an activating group) is 1. The number of rotatable bonds is 39. The number of unbranched alkanes of at least 4 members (excludes halogenated alkanes) is 19. The molecule has 0 aliphatic heterocycles. The van der Waals surface area contributed by atoms with Crippen LogP contribution in [0, 0.1) is 0 Å². The van der Waals surface area contributed by atoms with Crippen molar-refractivity contribution in [3.63, 3.8) is 0 Å². The number of carbonyl (C=O) groups excluding carboxylic acids is 2. The van der Waals surface area contributed by atoms with E-state index in [9.17, 15) is 19.0 Å². The van der Waals surface area contributed by atoms with Gasteiger partial charge in [0, 0.05) is 12.8 Å². The number of quaternary nitrogens is 1. The Kier molecular flexibility index (Phi) is 35.6. The highest BCUT2D eigenvalue weighted by atomic mass is 31.2. The molecule has 0 heterocycles. The van der Waals surface area contributed by atoms with Crippen molar-refractivity contribution >= 4 is 19.8 Å². The lowest BCUT2D eigenvalue weighted by molar-refractivity contribution is -0.870.